The molecule has 2 atom stereocenters. The summed E-state index contributed by atoms with van der Waals surface area (Å²) in [5, 5.41) is 40.8. The molecular formula is C30H35N11O2. The summed E-state index contributed by atoms with van der Waals surface area (Å²) in [7, 11) is 0. The van der Waals surface area contributed by atoms with E-state index in [1.165, 1.54) is 10.7 Å². The van der Waals surface area contributed by atoms with Gasteiger partial charge in [0.2, 0.25) is 5.95 Å². The molecule has 2 aliphatic rings. The van der Waals surface area contributed by atoms with Crippen LogP contribution < -0.4 is 10.6 Å². The zero-order chi connectivity index (χ0) is 30.5. The fourth-order valence-corrected chi connectivity index (χ4v) is 6.69. The van der Waals surface area contributed by atoms with Crippen molar-refractivity contribution in [3.8, 4) is 12.1 Å². The van der Waals surface area contributed by atoms with Gasteiger partial charge in [-0.2, -0.15) is 20.0 Å². The molecule has 0 aliphatic carbocycles. The predicted octanol–water partition coefficient (Wildman–Crippen LogP) is 4.41. The molecule has 0 spiro atoms. The van der Waals surface area contributed by atoms with Crippen LogP contribution in [0.4, 0.5) is 22.2 Å². The van der Waals surface area contributed by atoms with E-state index < -0.39 is 6.09 Å². The molecule has 3 N–H and O–H groups in total. The number of amides is 1. The van der Waals surface area contributed by atoms with Gasteiger partial charge in [-0.1, -0.05) is 20.8 Å². The van der Waals surface area contributed by atoms with Crippen molar-refractivity contribution in [1.29, 1.82) is 10.5 Å². The maximum absolute atomic E-state index is 11.7. The van der Waals surface area contributed by atoms with Gasteiger partial charge in [0.25, 0.3) is 0 Å². The monoisotopic (exact) mass is 581 g/mol. The molecule has 5 heterocycles. The third-order valence-corrected chi connectivity index (χ3v) is 8.61. The van der Waals surface area contributed by atoms with Crippen LogP contribution in [0.3, 0.4) is 0 Å². The van der Waals surface area contributed by atoms with Gasteiger partial charge in [0.15, 0.2) is 17.2 Å². The number of carboxylic acid groups (broad SMARTS) is 1. The molecule has 13 heteroatoms. The number of nitrogens with zero attached hydrogens (tertiary/aromatic N) is 9. The Morgan fingerprint density at radius 1 is 1.19 bits per heavy atom. The number of fused-ring (bicyclic) bond motifs is 2. The van der Waals surface area contributed by atoms with Crippen LogP contribution in [0.5, 0.6) is 0 Å². The van der Waals surface area contributed by atoms with Gasteiger partial charge >= 0.3 is 6.09 Å². The van der Waals surface area contributed by atoms with E-state index in [1.807, 2.05) is 31.3 Å². The van der Waals surface area contributed by atoms with Crippen LogP contribution in [0, 0.1) is 28.1 Å². The number of likely N-dealkylation sites (tertiary alicyclic amines) is 2. The molecule has 2 unspecified atom stereocenters. The molecule has 0 radical (unpaired) electrons. The van der Waals surface area contributed by atoms with E-state index in [0.29, 0.717) is 41.8 Å². The van der Waals surface area contributed by atoms with Crippen molar-refractivity contribution in [2.45, 2.75) is 58.7 Å². The topological polar surface area (TPSA) is 163 Å². The van der Waals surface area contributed by atoms with Crippen LogP contribution in [-0.2, 0) is 0 Å². The van der Waals surface area contributed by atoms with Gasteiger partial charge in [0.1, 0.15) is 12.1 Å². The molecule has 0 saturated carbocycles. The van der Waals surface area contributed by atoms with E-state index in [2.05, 4.69) is 68.1 Å². The summed E-state index contributed by atoms with van der Waals surface area (Å²) in [6.45, 7) is 11.2. The van der Waals surface area contributed by atoms with Gasteiger partial charge in [-0.05, 0) is 43.4 Å². The van der Waals surface area contributed by atoms with Crippen LogP contribution in [0.25, 0.3) is 16.6 Å². The zero-order valence-corrected chi connectivity index (χ0v) is 24.7. The highest BCUT2D eigenvalue weighted by Crippen LogP contribution is 2.39. The minimum atomic E-state index is -0.846. The summed E-state index contributed by atoms with van der Waals surface area (Å²) in [5.41, 5.74) is 2.94. The molecule has 43 heavy (non-hydrogen) atoms. The van der Waals surface area contributed by atoms with Crippen LogP contribution in [-0.4, -0.2) is 83.4 Å². The van der Waals surface area contributed by atoms with Crippen molar-refractivity contribution in [3.63, 3.8) is 0 Å². The van der Waals surface area contributed by atoms with Crippen molar-refractivity contribution >= 4 is 40.1 Å². The minimum absolute atomic E-state index is 0.0242. The number of nitrogens with one attached hydrogen (secondary N) is 2. The summed E-state index contributed by atoms with van der Waals surface area (Å²) in [4.78, 5) is 24.6. The third-order valence-electron chi connectivity index (χ3n) is 8.61. The van der Waals surface area contributed by atoms with E-state index in [0.717, 1.165) is 42.5 Å². The molecule has 6 rings (SSSR count). The van der Waals surface area contributed by atoms with E-state index in [4.69, 9.17) is 0 Å². The van der Waals surface area contributed by atoms with Crippen molar-refractivity contribution in [3.05, 3.63) is 41.9 Å². The van der Waals surface area contributed by atoms with Gasteiger partial charge in [0.05, 0.1) is 17.8 Å². The minimum Gasteiger partial charge on any atom is -0.465 e. The quantitative estimate of drug-likeness (QED) is 0.297. The number of hydrogen-bond donors (Lipinski definition) is 3. The Hall–Kier alpha value is -4.88. The van der Waals surface area contributed by atoms with Gasteiger partial charge in [0, 0.05) is 61.0 Å². The average molecular weight is 582 g/mol. The van der Waals surface area contributed by atoms with Crippen molar-refractivity contribution in [1.82, 2.24) is 33.9 Å². The third kappa shape index (κ3) is 4.96. The van der Waals surface area contributed by atoms with E-state index in [-0.39, 0.29) is 23.5 Å². The van der Waals surface area contributed by atoms with Crippen LogP contribution in [0.2, 0.25) is 0 Å². The Kier molecular flexibility index (Phi) is 7.06. The highest BCUT2D eigenvalue weighted by Gasteiger charge is 2.51. The largest absolute Gasteiger partial charge is 0.465 e. The second-order valence-corrected chi connectivity index (χ2v) is 12.3. The number of piperidine rings is 1. The first-order valence-corrected chi connectivity index (χ1v) is 14.6. The Bertz CT molecular complexity index is 1780. The maximum atomic E-state index is 11.7. The molecule has 222 valence electrons. The summed E-state index contributed by atoms with van der Waals surface area (Å²) < 4.78 is 3.68. The molecule has 13 nitrogen and oxygen atoms in total. The van der Waals surface area contributed by atoms with Gasteiger partial charge in [-0.3, -0.25) is 4.90 Å². The Balaban J connectivity index is 1.22. The lowest BCUT2D eigenvalue weighted by molar-refractivity contribution is -0.0714. The summed E-state index contributed by atoms with van der Waals surface area (Å²) in [6.07, 6.45) is 4.40. The van der Waals surface area contributed by atoms with E-state index in [1.54, 1.807) is 4.90 Å². The summed E-state index contributed by atoms with van der Waals surface area (Å²) in [6, 6.07) is 10.8. The number of nitriles is 2. The molecule has 0 bridgehead atoms. The fraction of sp³-hybridized carbons (Fsp3) is 0.467. The second-order valence-electron chi connectivity index (χ2n) is 12.3. The second kappa shape index (κ2) is 10.7. The number of benzene rings is 1. The highest BCUT2D eigenvalue weighted by atomic mass is 16.4. The average Bonchev–Trinajstić information content (AvgIpc) is 3.53. The normalized spacial score (nSPS) is 19.6. The molecule has 1 aromatic carbocycles. The molecule has 4 aromatic rings. The van der Waals surface area contributed by atoms with Crippen molar-refractivity contribution in [2.24, 2.45) is 5.41 Å². The number of anilines is 3. The highest BCUT2D eigenvalue weighted by molar-refractivity contribution is 5.90. The SMILES string of the molecule is CCNc1nc(Nc2ccc3c(c2)c(C#N)cn3C2CCN(C3CN(C(=O)O)C3C(C)(C)C)CC2)nn2c(C#N)cnc12. The summed E-state index contributed by atoms with van der Waals surface area (Å²) >= 11 is 0. The van der Waals surface area contributed by atoms with Gasteiger partial charge in [-0.15, -0.1) is 5.10 Å². The molecule has 2 fully saturated rings. The fourth-order valence-electron chi connectivity index (χ4n) is 6.69. The number of rotatable bonds is 6. The number of aromatic nitrogens is 5. The number of hydrogen-bond acceptors (Lipinski definition) is 9. The van der Waals surface area contributed by atoms with Crippen LogP contribution in [0.1, 0.15) is 57.8 Å². The lowest BCUT2D eigenvalue weighted by Crippen LogP contribution is -2.72. The maximum Gasteiger partial charge on any atom is 0.407 e. The number of carbonyl (C=O) groups is 1. The molecule has 2 saturated heterocycles. The van der Waals surface area contributed by atoms with Gasteiger partial charge in [-0.25, -0.2) is 9.78 Å². The number of imidazole rings is 1. The Morgan fingerprint density at radius 2 is 1.95 bits per heavy atom. The zero-order valence-electron chi connectivity index (χ0n) is 24.7. The molecule has 3 aromatic heterocycles. The van der Waals surface area contributed by atoms with Gasteiger partial charge < -0.3 is 25.2 Å². The standard InChI is InChI=1S/C30H35N11O2/c1-5-33-26-27-34-15-21(14-32)41(27)37-28(36-26)35-19-6-7-23-22(12-19)18(13-31)16-39(23)20-8-10-38(11-9-20)24-17-40(29(42)43)25(24)30(2,3)4/h6-7,12,15-16,20,24-25H,5,8-11,17H2,1-4H3,(H,42,43)(H2,33,35,36,37). The first kappa shape index (κ1) is 28.2. The molecule has 1 amide bonds. The first-order valence-electron chi connectivity index (χ1n) is 14.6. The Labute approximate surface area is 249 Å². The van der Waals surface area contributed by atoms with Crippen LogP contribution in [0.15, 0.2) is 30.6 Å². The Morgan fingerprint density at radius 3 is 2.60 bits per heavy atom. The van der Waals surface area contributed by atoms with Crippen LogP contribution >= 0.6 is 0 Å². The first-order chi connectivity index (χ1) is 20.6. The smallest absolute Gasteiger partial charge is 0.407 e. The predicted molar refractivity (Wildman–Crippen MR) is 161 cm³/mol. The lowest BCUT2D eigenvalue weighted by atomic mass is 9.75. The molecule has 2 aliphatic heterocycles. The van der Waals surface area contributed by atoms with Crippen molar-refractivity contribution < 1.29 is 9.90 Å². The lowest BCUT2D eigenvalue weighted by Gasteiger charge is -2.57. The molecular weight excluding hydrogens is 546 g/mol. The van der Waals surface area contributed by atoms with E-state index in [9.17, 15) is 20.4 Å². The summed E-state index contributed by atoms with van der Waals surface area (Å²) in [5.74, 6) is 0.817. The van der Waals surface area contributed by atoms with E-state index >= 15 is 0 Å². The van der Waals surface area contributed by atoms with Crippen molar-refractivity contribution in [2.75, 3.05) is 36.8 Å².